The van der Waals surface area contributed by atoms with Gasteiger partial charge in [-0.2, -0.15) is 0 Å². The molecule has 1 aromatic heterocycles. The summed E-state index contributed by atoms with van der Waals surface area (Å²) in [7, 11) is 0. The van der Waals surface area contributed by atoms with Gasteiger partial charge in [0.25, 0.3) is 0 Å². The van der Waals surface area contributed by atoms with Crippen LogP contribution in [0, 0.1) is 6.92 Å². The number of aldehydes is 1. The minimum atomic E-state index is -0.00425. The molecule has 0 saturated carbocycles. The van der Waals surface area contributed by atoms with Gasteiger partial charge in [0.2, 0.25) is 11.8 Å². The van der Waals surface area contributed by atoms with Gasteiger partial charge in [-0.15, -0.1) is 0 Å². The molecule has 0 aliphatic carbocycles. The molecule has 1 amide bonds. The number of aryl methyl sites for hydroxylation is 1. The number of amides is 1. The first-order chi connectivity index (χ1) is 11.0. The van der Waals surface area contributed by atoms with Crippen LogP contribution in [0.4, 0.5) is 0 Å². The van der Waals surface area contributed by atoms with E-state index in [-0.39, 0.29) is 11.9 Å². The molecule has 1 aromatic carbocycles. The topological polar surface area (TPSA) is 68.3 Å². The zero-order valence-electron chi connectivity index (χ0n) is 13.5. The van der Waals surface area contributed by atoms with Gasteiger partial charge in [0.05, 0.1) is 12.1 Å². The third-order valence-corrected chi connectivity index (χ3v) is 3.19. The second-order valence-corrected chi connectivity index (χ2v) is 5.59. The Morgan fingerprint density at radius 2 is 1.91 bits per heavy atom. The number of carbonyl (C=O) groups excluding carboxylic acids is 2. The summed E-state index contributed by atoms with van der Waals surface area (Å²) in [6, 6.07) is 10.7. The van der Waals surface area contributed by atoms with E-state index in [1.807, 2.05) is 26.0 Å². The van der Waals surface area contributed by atoms with Crippen LogP contribution in [0.1, 0.15) is 35.5 Å². The number of hydrogen-bond donors (Lipinski definition) is 1. The molecule has 23 heavy (non-hydrogen) atoms. The largest absolute Gasteiger partial charge is 0.439 e. The van der Waals surface area contributed by atoms with E-state index in [9.17, 15) is 9.59 Å². The summed E-state index contributed by atoms with van der Waals surface area (Å²) in [6.07, 6.45) is 1.10. The summed E-state index contributed by atoms with van der Waals surface area (Å²) in [5.74, 6) is 1.05. The van der Waals surface area contributed by atoms with Gasteiger partial charge in [0.15, 0.2) is 6.29 Å². The van der Waals surface area contributed by atoms with Crippen LogP contribution in [0.3, 0.4) is 0 Å². The molecule has 120 valence electrons. The van der Waals surface area contributed by atoms with Gasteiger partial charge < -0.3 is 10.1 Å². The van der Waals surface area contributed by atoms with E-state index >= 15 is 0 Å². The molecule has 0 aliphatic heterocycles. The predicted molar refractivity (Wildman–Crippen MR) is 87.9 cm³/mol. The van der Waals surface area contributed by atoms with Crippen LogP contribution in [0.5, 0.6) is 11.6 Å². The number of pyridine rings is 1. The molecule has 0 atom stereocenters. The summed E-state index contributed by atoms with van der Waals surface area (Å²) in [5, 5.41) is 2.85. The standard InChI is InChI=1S/C18H20N2O3/c1-12(2)19-17(22)10-14-4-7-16(8-5-14)23-18-9-6-15(11-21)13(3)20-18/h4-9,11-12H,10H2,1-3H3,(H,19,22). The van der Waals surface area contributed by atoms with E-state index < -0.39 is 0 Å². The van der Waals surface area contributed by atoms with Crippen LogP contribution in [0.25, 0.3) is 0 Å². The summed E-state index contributed by atoms with van der Waals surface area (Å²) >= 11 is 0. The Morgan fingerprint density at radius 1 is 1.22 bits per heavy atom. The Hall–Kier alpha value is -2.69. The van der Waals surface area contributed by atoms with Crippen molar-refractivity contribution in [3.05, 3.63) is 53.2 Å². The fourth-order valence-corrected chi connectivity index (χ4v) is 2.08. The number of ether oxygens (including phenoxy) is 1. The third kappa shape index (κ3) is 4.92. The molecule has 2 aromatic rings. The van der Waals surface area contributed by atoms with Crippen molar-refractivity contribution in [2.45, 2.75) is 33.2 Å². The van der Waals surface area contributed by atoms with Gasteiger partial charge in [-0.3, -0.25) is 9.59 Å². The number of rotatable bonds is 6. The van der Waals surface area contributed by atoms with Gasteiger partial charge >= 0.3 is 0 Å². The molecule has 1 heterocycles. The minimum absolute atomic E-state index is 0.00425. The van der Waals surface area contributed by atoms with E-state index in [1.165, 1.54) is 0 Å². The maximum Gasteiger partial charge on any atom is 0.224 e. The molecule has 0 aliphatic rings. The summed E-state index contributed by atoms with van der Waals surface area (Å²) < 4.78 is 5.66. The van der Waals surface area contributed by atoms with Gasteiger partial charge in [-0.05, 0) is 44.5 Å². The highest BCUT2D eigenvalue weighted by Gasteiger charge is 2.06. The van der Waals surface area contributed by atoms with Crippen molar-refractivity contribution in [2.75, 3.05) is 0 Å². The number of nitrogens with one attached hydrogen (secondary N) is 1. The quantitative estimate of drug-likeness (QED) is 0.832. The van der Waals surface area contributed by atoms with Crippen molar-refractivity contribution in [3.8, 4) is 11.6 Å². The number of nitrogens with zero attached hydrogens (tertiary/aromatic N) is 1. The highest BCUT2D eigenvalue weighted by molar-refractivity contribution is 5.78. The van der Waals surface area contributed by atoms with Gasteiger partial charge in [0, 0.05) is 17.7 Å². The first-order valence-corrected chi connectivity index (χ1v) is 7.47. The number of benzene rings is 1. The van der Waals surface area contributed by atoms with Crippen molar-refractivity contribution in [2.24, 2.45) is 0 Å². The molecule has 0 bridgehead atoms. The van der Waals surface area contributed by atoms with Gasteiger partial charge in [-0.25, -0.2) is 4.98 Å². The average Bonchev–Trinajstić information content (AvgIpc) is 2.48. The minimum Gasteiger partial charge on any atom is -0.439 e. The molecule has 0 spiro atoms. The Bertz CT molecular complexity index is 694. The Kier molecular flexibility index (Phi) is 5.46. The molecule has 0 radical (unpaired) electrons. The lowest BCUT2D eigenvalue weighted by molar-refractivity contribution is -0.120. The molecular formula is C18H20N2O3. The van der Waals surface area contributed by atoms with Crippen molar-refractivity contribution in [1.29, 1.82) is 0 Å². The van der Waals surface area contributed by atoms with Crippen LogP contribution < -0.4 is 10.1 Å². The van der Waals surface area contributed by atoms with Crippen molar-refractivity contribution in [1.82, 2.24) is 10.3 Å². The van der Waals surface area contributed by atoms with Crippen molar-refractivity contribution >= 4 is 12.2 Å². The number of aromatic nitrogens is 1. The van der Waals surface area contributed by atoms with Crippen LogP contribution >= 0.6 is 0 Å². The smallest absolute Gasteiger partial charge is 0.224 e. The van der Waals surface area contributed by atoms with E-state index in [1.54, 1.807) is 31.2 Å². The SMILES string of the molecule is Cc1nc(Oc2ccc(CC(=O)NC(C)C)cc2)ccc1C=O. The maximum atomic E-state index is 11.7. The number of carbonyl (C=O) groups is 2. The molecule has 5 nitrogen and oxygen atoms in total. The lowest BCUT2D eigenvalue weighted by Gasteiger charge is -2.09. The second-order valence-electron chi connectivity index (χ2n) is 5.59. The highest BCUT2D eigenvalue weighted by Crippen LogP contribution is 2.21. The molecular weight excluding hydrogens is 292 g/mol. The lowest BCUT2D eigenvalue weighted by atomic mass is 10.1. The molecule has 1 N–H and O–H groups in total. The Morgan fingerprint density at radius 3 is 2.48 bits per heavy atom. The summed E-state index contributed by atoms with van der Waals surface area (Å²) in [6.45, 7) is 5.62. The molecule has 0 fully saturated rings. The predicted octanol–water partition coefficient (Wildman–Crippen LogP) is 3.06. The first-order valence-electron chi connectivity index (χ1n) is 7.47. The fourth-order valence-electron chi connectivity index (χ4n) is 2.08. The molecule has 5 heteroatoms. The Balaban J connectivity index is 2.01. The van der Waals surface area contributed by atoms with Crippen LogP contribution in [0.2, 0.25) is 0 Å². The van der Waals surface area contributed by atoms with Gasteiger partial charge in [-0.1, -0.05) is 12.1 Å². The zero-order valence-corrected chi connectivity index (χ0v) is 13.5. The maximum absolute atomic E-state index is 11.7. The fraction of sp³-hybridized carbons (Fsp3) is 0.278. The normalized spacial score (nSPS) is 10.4. The van der Waals surface area contributed by atoms with Gasteiger partial charge in [0.1, 0.15) is 5.75 Å². The van der Waals surface area contributed by atoms with Crippen molar-refractivity contribution < 1.29 is 14.3 Å². The number of hydrogen-bond acceptors (Lipinski definition) is 4. The molecule has 0 saturated heterocycles. The zero-order chi connectivity index (χ0) is 16.8. The Labute approximate surface area is 135 Å². The molecule has 2 rings (SSSR count). The van der Waals surface area contributed by atoms with Crippen molar-refractivity contribution in [3.63, 3.8) is 0 Å². The van der Waals surface area contributed by atoms with E-state index in [0.29, 0.717) is 29.3 Å². The first kappa shape index (κ1) is 16.7. The van der Waals surface area contributed by atoms with E-state index in [0.717, 1.165) is 11.8 Å². The van der Waals surface area contributed by atoms with Crippen LogP contribution in [-0.4, -0.2) is 23.2 Å². The van der Waals surface area contributed by atoms with E-state index in [2.05, 4.69) is 10.3 Å². The lowest BCUT2D eigenvalue weighted by Crippen LogP contribution is -2.31. The third-order valence-electron chi connectivity index (χ3n) is 3.19. The van der Waals surface area contributed by atoms with E-state index in [4.69, 9.17) is 4.74 Å². The monoisotopic (exact) mass is 312 g/mol. The highest BCUT2D eigenvalue weighted by atomic mass is 16.5. The van der Waals surface area contributed by atoms with Crippen LogP contribution in [-0.2, 0) is 11.2 Å². The second kappa shape index (κ2) is 7.54. The average molecular weight is 312 g/mol. The summed E-state index contributed by atoms with van der Waals surface area (Å²) in [5.41, 5.74) is 2.08. The van der Waals surface area contributed by atoms with Crippen LogP contribution in [0.15, 0.2) is 36.4 Å². The molecule has 0 unspecified atom stereocenters. The summed E-state index contributed by atoms with van der Waals surface area (Å²) in [4.78, 5) is 26.7.